The van der Waals surface area contributed by atoms with Crippen molar-refractivity contribution in [3.63, 3.8) is 0 Å². The molecule has 6 heteroatoms. The van der Waals surface area contributed by atoms with Crippen molar-refractivity contribution in [2.75, 3.05) is 7.05 Å². The Kier molecular flexibility index (Phi) is 5.21. The third-order valence-electron chi connectivity index (χ3n) is 2.43. The third-order valence-corrected chi connectivity index (χ3v) is 2.99. The van der Waals surface area contributed by atoms with Gasteiger partial charge in [0.15, 0.2) is 0 Å². The Balaban J connectivity index is 2.93. The summed E-state index contributed by atoms with van der Waals surface area (Å²) in [4.78, 5) is 10.6. The highest BCUT2D eigenvalue weighted by atomic mass is 35.5. The molecule has 4 nitrogen and oxygen atoms in total. The van der Waals surface area contributed by atoms with Crippen molar-refractivity contribution >= 4 is 29.2 Å². The Morgan fingerprint density at radius 1 is 1.47 bits per heavy atom. The van der Waals surface area contributed by atoms with Gasteiger partial charge in [-0.1, -0.05) is 29.3 Å². The zero-order valence-electron chi connectivity index (χ0n) is 9.15. The van der Waals surface area contributed by atoms with Crippen molar-refractivity contribution in [2.24, 2.45) is 0 Å². The van der Waals surface area contributed by atoms with Crippen LogP contribution in [0, 0.1) is 0 Å². The molecular weight excluding hydrogens is 265 g/mol. The van der Waals surface area contributed by atoms with Crippen LogP contribution in [0.4, 0.5) is 0 Å². The van der Waals surface area contributed by atoms with Gasteiger partial charge in [-0.2, -0.15) is 0 Å². The third kappa shape index (κ3) is 3.85. The number of benzene rings is 1. The molecule has 1 aromatic rings. The van der Waals surface area contributed by atoms with E-state index in [2.05, 4.69) is 5.32 Å². The zero-order chi connectivity index (χ0) is 13.0. The van der Waals surface area contributed by atoms with Crippen LogP contribution in [-0.2, 0) is 4.79 Å². The van der Waals surface area contributed by atoms with Gasteiger partial charge in [0.05, 0.1) is 12.5 Å². The van der Waals surface area contributed by atoms with E-state index in [1.165, 1.54) is 6.07 Å². The summed E-state index contributed by atoms with van der Waals surface area (Å²) in [6.07, 6.45) is -1.20. The SMILES string of the molecule is CNC(CC(=O)O)C(O)c1ccc(Cl)cc1Cl. The number of rotatable bonds is 5. The van der Waals surface area contributed by atoms with Gasteiger partial charge in [0.2, 0.25) is 0 Å². The molecule has 17 heavy (non-hydrogen) atoms. The van der Waals surface area contributed by atoms with Crippen molar-refractivity contribution in [2.45, 2.75) is 18.6 Å². The number of aliphatic hydroxyl groups excluding tert-OH is 1. The molecule has 0 saturated carbocycles. The Bertz CT molecular complexity index is 412. The van der Waals surface area contributed by atoms with Gasteiger partial charge in [-0.15, -0.1) is 0 Å². The molecule has 94 valence electrons. The number of nitrogens with one attached hydrogen (secondary N) is 1. The summed E-state index contributed by atoms with van der Waals surface area (Å²) in [6, 6.07) is 4.09. The monoisotopic (exact) mass is 277 g/mol. The van der Waals surface area contributed by atoms with E-state index in [0.29, 0.717) is 15.6 Å². The molecule has 0 aliphatic carbocycles. The van der Waals surface area contributed by atoms with Gasteiger partial charge in [0.25, 0.3) is 0 Å². The highest BCUT2D eigenvalue weighted by Gasteiger charge is 2.23. The second kappa shape index (κ2) is 6.21. The van der Waals surface area contributed by atoms with Gasteiger partial charge >= 0.3 is 5.97 Å². The number of carboxylic acids is 1. The van der Waals surface area contributed by atoms with Gasteiger partial charge in [-0.05, 0) is 19.2 Å². The molecule has 1 rings (SSSR count). The summed E-state index contributed by atoms with van der Waals surface area (Å²) >= 11 is 11.7. The van der Waals surface area contributed by atoms with Crippen LogP contribution in [0.5, 0.6) is 0 Å². The molecule has 0 saturated heterocycles. The van der Waals surface area contributed by atoms with Crippen LogP contribution < -0.4 is 5.32 Å². The minimum atomic E-state index is -0.999. The quantitative estimate of drug-likeness (QED) is 0.771. The van der Waals surface area contributed by atoms with Crippen molar-refractivity contribution in [1.29, 1.82) is 0 Å². The number of aliphatic hydroxyl groups is 1. The minimum absolute atomic E-state index is 0.198. The van der Waals surface area contributed by atoms with Gasteiger partial charge in [-0.25, -0.2) is 0 Å². The molecule has 0 aliphatic rings. The van der Waals surface area contributed by atoms with Gasteiger partial charge < -0.3 is 15.5 Å². The molecule has 0 spiro atoms. The Hall–Kier alpha value is -0.810. The molecular formula is C11H13Cl2NO3. The van der Waals surface area contributed by atoms with Crippen LogP contribution >= 0.6 is 23.2 Å². The van der Waals surface area contributed by atoms with E-state index in [4.69, 9.17) is 28.3 Å². The summed E-state index contributed by atoms with van der Waals surface area (Å²) in [5, 5.41) is 22.3. The van der Waals surface area contributed by atoms with E-state index in [9.17, 15) is 9.90 Å². The van der Waals surface area contributed by atoms with Crippen molar-refractivity contribution in [3.05, 3.63) is 33.8 Å². The number of carbonyl (C=O) groups is 1. The van der Waals surface area contributed by atoms with Gasteiger partial charge in [-0.3, -0.25) is 4.79 Å². The lowest BCUT2D eigenvalue weighted by atomic mass is 10.00. The Labute approximate surface area is 109 Å². The summed E-state index contributed by atoms with van der Waals surface area (Å²) in [7, 11) is 1.58. The number of hydrogen-bond acceptors (Lipinski definition) is 3. The van der Waals surface area contributed by atoms with Crippen LogP contribution in [0.3, 0.4) is 0 Å². The molecule has 0 aromatic heterocycles. The number of halogens is 2. The predicted molar refractivity (Wildman–Crippen MR) is 66.5 cm³/mol. The standard InChI is InChI=1S/C11H13Cl2NO3/c1-14-9(5-10(15)16)11(17)7-3-2-6(12)4-8(7)13/h2-4,9,11,14,17H,5H2,1H3,(H,15,16). The topological polar surface area (TPSA) is 69.6 Å². The lowest BCUT2D eigenvalue weighted by Gasteiger charge is -2.22. The lowest BCUT2D eigenvalue weighted by Crippen LogP contribution is -2.34. The Morgan fingerprint density at radius 3 is 2.59 bits per heavy atom. The molecule has 2 atom stereocenters. The van der Waals surface area contributed by atoms with E-state index in [1.807, 2.05) is 0 Å². The normalized spacial score (nSPS) is 14.4. The van der Waals surface area contributed by atoms with Crippen molar-refractivity contribution < 1.29 is 15.0 Å². The van der Waals surface area contributed by atoms with Crippen LogP contribution in [0.2, 0.25) is 10.0 Å². The van der Waals surface area contributed by atoms with E-state index < -0.39 is 18.1 Å². The second-order valence-electron chi connectivity index (χ2n) is 3.60. The van der Waals surface area contributed by atoms with Crippen LogP contribution in [0.25, 0.3) is 0 Å². The molecule has 0 fully saturated rings. The average molecular weight is 278 g/mol. The molecule has 0 radical (unpaired) electrons. The van der Waals surface area contributed by atoms with Crippen LogP contribution in [0.1, 0.15) is 18.1 Å². The zero-order valence-corrected chi connectivity index (χ0v) is 10.7. The molecule has 0 amide bonds. The second-order valence-corrected chi connectivity index (χ2v) is 4.45. The molecule has 0 bridgehead atoms. The molecule has 0 heterocycles. The first-order valence-electron chi connectivity index (χ1n) is 4.97. The lowest BCUT2D eigenvalue weighted by molar-refractivity contribution is -0.138. The van der Waals surface area contributed by atoms with Crippen molar-refractivity contribution in [3.8, 4) is 0 Å². The first-order chi connectivity index (χ1) is 7.95. The summed E-state index contributed by atoms with van der Waals surface area (Å²) in [5.74, 6) is -0.992. The molecule has 1 aromatic carbocycles. The maximum Gasteiger partial charge on any atom is 0.305 e. The predicted octanol–water partition coefficient (Wildman–Crippen LogP) is 2.09. The highest BCUT2D eigenvalue weighted by Crippen LogP contribution is 2.28. The number of likely N-dealkylation sites (N-methyl/N-ethyl adjacent to an activating group) is 1. The maximum absolute atomic E-state index is 10.6. The summed E-state index contributed by atoms with van der Waals surface area (Å²) < 4.78 is 0. The highest BCUT2D eigenvalue weighted by molar-refractivity contribution is 6.35. The summed E-state index contributed by atoms with van der Waals surface area (Å²) in [6.45, 7) is 0. The molecule has 2 unspecified atom stereocenters. The van der Waals surface area contributed by atoms with E-state index in [0.717, 1.165) is 0 Å². The fourth-order valence-corrected chi connectivity index (χ4v) is 2.04. The van der Waals surface area contributed by atoms with Crippen molar-refractivity contribution in [1.82, 2.24) is 5.32 Å². The van der Waals surface area contributed by atoms with Crippen LogP contribution in [0.15, 0.2) is 18.2 Å². The first-order valence-corrected chi connectivity index (χ1v) is 5.73. The van der Waals surface area contributed by atoms with Gasteiger partial charge in [0, 0.05) is 21.7 Å². The first kappa shape index (κ1) is 14.3. The fraction of sp³-hybridized carbons (Fsp3) is 0.364. The maximum atomic E-state index is 10.6. The fourth-order valence-electron chi connectivity index (χ4n) is 1.52. The van der Waals surface area contributed by atoms with E-state index in [1.54, 1.807) is 19.2 Å². The van der Waals surface area contributed by atoms with E-state index >= 15 is 0 Å². The number of carboxylic acid groups (broad SMARTS) is 1. The summed E-state index contributed by atoms with van der Waals surface area (Å²) in [5.41, 5.74) is 0.455. The number of aliphatic carboxylic acids is 1. The smallest absolute Gasteiger partial charge is 0.305 e. The van der Waals surface area contributed by atoms with Crippen LogP contribution in [-0.4, -0.2) is 29.3 Å². The molecule has 0 aliphatic heterocycles. The largest absolute Gasteiger partial charge is 0.481 e. The minimum Gasteiger partial charge on any atom is -0.481 e. The number of hydrogen-bond donors (Lipinski definition) is 3. The Morgan fingerprint density at radius 2 is 2.12 bits per heavy atom. The van der Waals surface area contributed by atoms with E-state index in [-0.39, 0.29) is 6.42 Å². The van der Waals surface area contributed by atoms with Gasteiger partial charge in [0.1, 0.15) is 0 Å². The molecule has 3 N–H and O–H groups in total. The average Bonchev–Trinajstić information content (AvgIpc) is 2.24.